The van der Waals surface area contributed by atoms with E-state index < -0.39 is 0 Å². The topological polar surface area (TPSA) is 9.23 Å². The molecule has 1 heterocycles. The number of allylic oxidation sites excluding steroid dienone is 4. The zero-order valence-corrected chi connectivity index (χ0v) is 9.30. The molecule has 0 saturated heterocycles. The van der Waals surface area contributed by atoms with Crippen molar-refractivity contribution in [3.05, 3.63) is 42.2 Å². The Kier molecular flexibility index (Phi) is 3.65. The summed E-state index contributed by atoms with van der Waals surface area (Å²) in [6.45, 7) is 3.87. The van der Waals surface area contributed by atoms with Gasteiger partial charge in [-0.2, -0.15) is 0 Å². The second kappa shape index (κ2) is 5.20. The van der Waals surface area contributed by atoms with Crippen LogP contribution in [0.25, 0.3) is 0 Å². The number of unbranched alkanes of at least 4 members (excludes halogenated alkanes) is 3. The van der Waals surface area contributed by atoms with Crippen LogP contribution < -0.4 is 0 Å². The predicted molar refractivity (Wildman–Crippen MR) is 63.0 cm³/mol. The number of fused-ring (bicyclic) bond motifs is 1. The van der Waals surface area contributed by atoms with Crippen LogP contribution in [0.4, 0.5) is 0 Å². The lowest BCUT2D eigenvalue weighted by atomic mass is 10.1. The molecule has 1 aliphatic heterocycles. The summed E-state index contributed by atoms with van der Waals surface area (Å²) in [6, 6.07) is 0. The van der Waals surface area contributed by atoms with Crippen molar-refractivity contribution in [3.63, 3.8) is 0 Å². The van der Waals surface area contributed by atoms with Crippen LogP contribution in [-0.2, 0) is 4.74 Å². The first-order valence-corrected chi connectivity index (χ1v) is 5.96. The monoisotopic (exact) mass is 203 g/mol. The highest BCUT2D eigenvalue weighted by molar-refractivity contribution is 5.41. The van der Waals surface area contributed by atoms with Gasteiger partial charge >= 0.3 is 0 Å². The first-order valence-electron chi connectivity index (χ1n) is 5.96. The average molecular weight is 203 g/mol. The third-order valence-corrected chi connectivity index (χ3v) is 3.10. The third-order valence-electron chi connectivity index (χ3n) is 3.10. The molecule has 15 heavy (non-hydrogen) atoms. The van der Waals surface area contributed by atoms with Gasteiger partial charge < -0.3 is 4.74 Å². The second-order valence-electron chi connectivity index (χ2n) is 4.24. The van der Waals surface area contributed by atoms with E-state index in [0.29, 0.717) is 0 Å². The second-order valence-corrected chi connectivity index (χ2v) is 4.24. The Morgan fingerprint density at radius 1 is 1.20 bits per heavy atom. The Hall–Kier alpha value is -0.980. The van der Waals surface area contributed by atoms with Gasteiger partial charge in [-0.15, -0.1) is 0 Å². The molecule has 2 aliphatic rings. The van der Waals surface area contributed by atoms with E-state index in [1.807, 2.05) is 6.08 Å². The van der Waals surface area contributed by atoms with Gasteiger partial charge in [-0.1, -0.05) is 32.3 Å². The molecule has 2 rings (SSSR count). The van der Waals surface area contributed by atoms with Crippen LogP contribution >= 0.6 is 0 Å². The maximum atomic E-state index is 5.59. The third kappa shape index (κ3) is 2.53. The zero-order chi connectivity index (χ0) is 10.5. The minimum Gasteiger partial charge on any atom is -0.465 e. The predicted octanol–water partition coefficient (Wildman–Crippen LogP) is 4.29. The Morgan fingerprint density at radius 2 is 2.13 bits per heavy atom. The van der Waals surface area contributed by atoms with E-state index in [4.69, 9.17) is 4.74 Å². The van der Waals surface area contributed by atoms with Crippen LogP contribution in [0.3, 0.4) is 0 Å². The summed E-state index contributed by atoms with van der Waals surface area (Å²) in [7, 11) is 0. The minimum absolute atomic E-state index is 1.07. The van der Waals surface area contributed by atoms with Crippen LogP contribution in [0, 0.1) is 6.92 Å². The number of hydrogen-bond acceptors (Lipinski definition) is 1. The van der Waals surface area contributed by atoms with Crippen LogP contribution in [0.2, 0.25) is 0 Å². The van der Waals surface area contributed by atoms with E-state index in [1.54, 1.807) is 6.26 Å². The number of rotatable bonds is 5. The molecule has 0 fully saturated rings. The fourth-order valence-electron chi connectivity index (χ4n) is 2.25. The van der Waals surface area contributed by atoms with Crippen molar-refractivity contribution in [1.29, 1.82) is 0 Å². The summed E-state index contributed by atoms with van der Waals surface area (Å²) in [6.07, 6.45) is 14.5. The van der Waals surface area contributed by atoms with Crippen molar-refractivity contribution in [2.75, 3.05) is 0 Å². The molecule has 1 aliphatic carbocycles. The molecule has 0 aromatic heterocycles. The molecule has 0 saturated carbocycles. The highest BCUT2D eigenvalue weighted by atomic mass is 16.5. The highest BCUT2D eigenvalue weighted by Gasteiger charge is 2.21. The maximum Gasteiger partial charge on any atom is 0.128 e. The molecular formula is C14H19O. The van der Waals surface area contributed by atoms with E-state index in [9.17, 15) is 0 Å². The SMILES string of the molecule is [CH2]CCCCCC1=C2OC=CC=C2CC1. The fraction of sp³-hybridized carbons (Fsp3) is 0.500. The Morgan fingerprint density at radius 3 is 3.00 bits per heavy atom. The summed E-state index contributed by atoms with van der Waals surface area (Å²) in [4.78, 5) is 0. The van der Waals surface area contributed by atoms with E-state index in [0.717, 1.165) is 6.42 Å². The van der Waals surface area contributed by atoms with Crippen molar-refractivity contribution in [1.82, 2.24) is 0 Å². The molecular weight excluding hydrogens is 184 g/mol. The number of ether oxygens (including phenoxy) is 1. The van der Waals surface area contributed by atoms with E-state index in [1.165, 1.54) is 55.4 Å². The smallest absolute Gasteiger partial charge is 0.128 e. The molecule has 0 bridgehead atoms. The fourth-order valence-corrected chi connectivity index (χ4v) is 2.25. The summed E-state index contributed by atoms with van der Waals surface area (Å²) < 4.78 is 5.59. The van der Waals surface area contributed by atoms with Crippen LogP contribution in [-0.4, -0.2) is 0 Å². The van der Waals surface area contributed by atoms with Gasteiger partial charge in [0.05, 0.1) is 6.26 Å². The summed E-state index contributed by atoms with van der Waals surface area (Å²) in [5, 5.41) is 0. The van der Waals surface area contributed by atoms with Gasteiger partial charge in [0.1, 0.15) is 5.76 Å². The van der Waals surface area contributed by atoms with E-state index >= 15 is 0 Å². The van der Waals surface area contributed by atoms with Gasteiger partial charge in [0, 0.05) is 0 Å². The van der Waals surface area contributed by atoms with Gasteiger partial charge in [0.25, 0.3) is 0 Å². The summed E-state index contributed by atoms with van der Waals surface area (Å²) in [5.41, 5.74) is 2.92. The standard InChI is InChI=1S/C14H19O/c1-2-3-4-5-7-12-9-10-13-8-6-11-15-14(12)13/h6,8,11H,1-5,7,9-10H2. The van der Waals surface area contributed by atoms with E-state index in [-0.39, 0.29) is 0 Å². The molecule has 1 nitrogen and oxygen atoms in total. The molecule has 0 N–H and O–H groups in total. The Balaban J connectivity index is 1.87. The van der Waals surface area contributed by atoms with Gasteiger partial charge in [-0.05, 0) is 42.9 Å². The summed E-state index contributed by atoms with van der Waals surface area (Å²) in [5.74, 6) is 1.17. The number of hydrogen-bond donors (Lipinski definition) is 0. The first-order chi connectivity index (χ1) is 7.42. The molecule has 1 heteroatoms. The van der Waals surface area contributed by atoms with Crippen LogP contribution in [0.5, 0.6) is 0 Å². The average Bonchev–Trinajstić information content (AvgIpc) is 2.68. The summed E-state index contributed by atoms with van der Waals surface area (Å²) >= 11 is 0. The normalized spacial score (nSPS) is 18.9. The lowest BCUT2D eigenvalue weighted by molar-refractivity contribution is 0.353. The van der Waals surface area contributed by atoms with Crippen molar-refractivity contribution in [2.24, 2.45) is 0 Å². The molecule has 0 atom stereocenters. The highest BCUT2D eigenvalue weighted by Crippen LogP contribution is 2.36. The molecule has 0 spiro atoms. The molecule has 81 valence electrons. The van der Waals surface area contributed by atoms with Crippen molar-refractivity contribution in [3.8, 4) is 0 Å². The lowest BCUT2D eigenvalue weighted by Gasteiger charge is -2.10. The van der Waals surface area contributed by atoms with Gasteiger partial charge in [-0.25, -0.2) is 0 Å². The van der Waals surface area contributed by atoms with Crippen molar-refractivity contribution < 1.29 is 4.74 Å². The van der Waals surface area contributed by atoms with Crippen LogP contribution in [0.1, 0.15) is 44.9 Å². The Labute approximate surface area is 92.5 Å². The minimum atomic E-state index is 1.07. The van der Waals surface area contributed by atoms with Crippen molar-refractivity contribution >= 4 is 0 Å². The van der Waals surface area contributed by atoms with Crippen LogP contribution in [0.15, 0.2) is 35.3 Å². The molecule has 0 aromatic rings. The molecule has 0 unspecified atom stereocenters. The molecule has 0 aromatic carbocycles. The van der Waals surface area contributed by atoms with Gasteiger partial charge in [0.2, 0.25) is 0 Å². The van der Waals surface area contributed by atoms with Gasteiger partial charge in [0.15, 0.2) is 0 Å². The molecule has 0 amide bonds. The maximum absolute atomic E-state index is 5.59. The Bertz CT molecular complexity index is 307. The van der Waals surface area contributed by atoms with Gasteiger partial charge in [-0.3, -0.25) is 0 Å². The van der Waals surface area contributed by atoms with E-state index in [2.05, 4.69) is 13.0 Å². The lowest BCUT2D eigenvalue weighted by Crippen LogP contribution is -1.92. The largest absolute Gasteiger partial charge is 0.465 e. The van der Waals surface area contributed by atoms with Crippen molar-refractivity contribution in [2.45, 2.75) is 44.9 Å². The quantitative estimate of drug-likeness (QED) is 0.606. The molecule has 1 radical (unpaired) electrons. The first kappa shape index (κ1) is 10.5. The zero-order valence-electron chi connectivity index (χ0n) is 9.30.